The Labute approximate surface area is 162 Å². The summed E-state index contributed by atoms with van der Waals surface area (Å²) in [6, 6.07) is 7.48. The second-order valence-corrected chi connectivity index (χ2v) is 7.87. The SMILES string of the molecule is COC(=O)c1c(NC(=S)Nc2ccc(OC)cc2)sc2c1CCC(C)C2. The molecule has 0 spiro atoms. The van der Waals surface area contributed by atoms with Crippen molar-refractivity contribution in [3.05, 3.63) is 40.3 Å². The number of carbonyl (C=O) groups excluding carboxylic acids is 1. The predicted molar refractivity (Wildman–Crippen MR) is 110 cm³/mol. The molecule has 1 heterocycles. The first-order chi connectivity index (χ1) is 12.5. The Kier molecular flexibility index (Phi) is 5.78. The minimum absolute atomic E-state index is 0.313. The fourth-order valence-corrected chi connectivity index (χ4v) is 4.78. The lowest BCUT2D eigenvalue weighted by Gasteiger charge is -2.18. The number of rotatable bonds is 4. The van der Waals surface area contributed by atoms with Gasteiger partial charge in [0, 0.05) is 10.6 Å². The van der Waals surface area contributed by atoms with Crippen LogP contribution in [0.15, 0.2) is 24.3 Å². The second-order valence-electron chi connectivity index (χ2n) is 6.36. The number of ether oxygens (including phenoxy) is 2. The summed E-state index contributed by atoms with van der Waals surface area (Å²) in [7, 11) is 3.04. The van der Waals surface area contributed by atoms with Crippen LogP contribution in [0.5, 0.6) is 5.75 Å². The van der Waals surface area contributed by atoms with Gasteiger partial charge in [-0.2, -0.15) is 0 Å². The van der Waals surface area contributed by atoms with E-state index in [1.54, 1.807) is 18.4 Å². The third-order valence-corrected chi connectivity index (χ3v) is 5.85. The number of anilines is 2. The highest BCUT2D eigenvalue weighted by Crippen LogP contribution is 2.40. The molecule has 1 aliphatic rings. The standard InChI is InChI=1S/C19H22N2O3S2/c1-11-4-9-14-15(10-11)26-17(16(14)18(22)24-3)21-19(25)20-12-5-7-13(23-2)8-6-12/h5-8,11H,4,9-10H2,1-3H3,(H2,20,21,25). The number of esters is 1. The lowest BCUT2D eigenvalue weighted by atomic mass is 9.88. The lowest BCUT2D eigenvalue weighted by molar-refractivity contribution is 0.0601. The van der Waals surface area contributed by atoms with Crippen molar-refractivity contribution in [2.24, 2.45) is 5.92 Å². The maximum absolute atomic E-state index is 12.3. The highest BCUT2D eigenvalue weighted by molar-refractivity contribution is 7.80. The van der Waals surface area contributed by atoms with E-state index < -0.39 is 0 Å². The average Bonchev–Trinajstić information content (AvgIpc) is 2.98. The molecule has 2 N–H and O–H groups in total. The summed E-state index contributed by atoms with van der Waals surface area (Å²) in [6.45, 7) is 2.24. The fraction of sp³-hybridized carbons (Fsp3) is 0.368. The third-order valence-electron chi connectivity index (χ3n) is 4.48. The number of carbonyl (C=O) groups is 1. The quantitative estimate of drug-likeness (QED) is 0.593. The summed E-state index contributed by atoms with van der Waals surface area (Å²) in [5, 5.41) is 7.50. The summed E-state index contributed by atoms with van der Waals surface area (Å²) in [4.78, 5) is 13.6. The maximum Gasteiger partial charge on any atom is 0.341 e. The number of thiophene rings is 1. The highest BCUT2D eigenvalue weighted by atomic mass is 32.1. The molecule has 1 unspecified atom stereocenters. The van der Waals surface area contributed by atoms with Gasteiger partial charge in [0.2, 0.25) is 0 Å². The Morgan fingerprint density at radius 3 is 2.62 bits per heavy atom. The van der Waals surface area contributed by atoms with Gasteiger partial charge in [-0.1, -0.05) is 6.92 Å². The first-order valence-corrected chi connectivity index (χ1v) is 9.69. The molecule has 1 aromatic heterocycles. The van der Waals surface area contributed by atoms with Crippen LogP contribution in [-0.4, -0.2) is 25.3 Å². The van der Waals surface area contributed by atoms with Crippen LogP contribution in [0.25, 0.3) is 0 Å². The number of nitrogens with one attached hydrogen (secondary N) is 2. The zero-order valence-electron chi connectivity index (χ0n) is 15.0. The Hall–Kier alpha value is -2.12. The molecule has 26 heavy (non-hydrogen) atoms. The summed E-state index contributed by atoms with van der Waals surface area (Å²) in [6.07, 6.45) is 2.98. The van der Waals surface area contributed by atoms with Gasteiger partial charge < -0.3 is 20.1 Å². The summed E-state index contributed by atoms with van der Waals surface area (Å²) < 4.78 is 10.2. The van der Waals surface area contributed by atoms with E-state index in [-0.39, 0.29) is 5.97 Å². The van der Waals surface area contributed by atoms with E-state index in [0.29, 0.717) is 16.6 Å². The van der Waals surface area contributed by atoms with Crippen molar-refractivity contribution in [1.82, 2.24) is 0 Å². The average molecular weight is 391 g/mol. The van der Waals surface area contributed by atoms with E-state index >= 15 is 0 Å². The molecule has 2 aromatic rings. The van der Waals surface area contributed by atoms with Gasteiger partial charge in [-0.15, -0.1) is 11.3 Å². The van der Waals surface area contributed by atoms with Gasteiger partial charge in [-0.25, -0.2) is 4.79 Å². The van der Waals surface area contributed by atoms with Gasteiger partial charge in [-0.3, -0.25) is 0 Å². The second kappa shape index (κ2) is 8.05. The summed E-state index contributed by atoms with van der Waals surface area (Å²) in [5.41, 5.74) is 2.57. The van der Waals surface area contributed by atoms with Crippen molar-refractivity contribution >= 4 is 45.3 Å². The molecule has 1 atom stereocenters. The van der Waals surface area contributed by atoms with Gasteiger partial charge in [0.25, 0.3) is 0 Å². The molecule has 0 saturated heterocycles. The molecule has 0 aliphatic heterocycles. The largest absolute Gasteiger partial charge is 0.497 e. The monoisotopic (exact) mass is 390 g/mol. The first-order valence-electron chi connectivity index (χ1n) is 8.46. The molecule has 1 aromatic carbocycles. The van der Waals surface area contributed by atoms with Crippen molar-refractivity contribution in [3.8, 4) is 5.75 Å². The van der Waals surface area contributed by atoms with Crippen molar-refractivity contribution in [1.29, 1.82) is 0 Å². The third kappa shape index (κ3) is 3.99. The van der Waals surface area contributed by atoms with E-state index in [1.165, 1.54) is 12.0 Å². The number of methoxy groups -OCH3 is 2. The molecule has 0 saturated carbocycles. The van der Waals surface area contributed by atoms with Crippen LogP contribution in [0.4, 0.5) is 10.7 Å². The smallest absolute Gasteiger partial charge is 0.341 e. The fourth-order valence-electron chi connectivity index (χ4n) is 3.10. The zero-order valence-corrected chi connectivity index (χ0v) is 16.7. The van der Waals surface area contributed by atoms with Gasteiger partial charge in [0.1, 0.15) is 10.8 Å². The summed E-state index contributed by atoms with van der Waals surface area (Å²) in [5.74, 6) is 1.10. The van der Waals surface area contributed by atoms with Crippen molar-refractivity contribution in [2.75, 3.05) is 24.9 Å². The van der Waals surface area contributed by atoms with Gasteiger partial charge in [0.15, 0.2) is 5.11 Å². The van der Waals surface area contributed by atoms with Crippen LogP contribution >= 0.6 is 23.6 Å². The first kappa shape index (κ1) is 18.7. The van der Waals surface area contributed by atoms with E-state index in [1.807, 2.05) is 24.3 Å². The lowest BCUT2D eigenvalue weighted by Crippen LogP contribution is -2.20. The van der Waals surface area contributed by atoms with Gasteiger partial charge in [-0.05, 0) is 67.2 Å². The zero-order chi connectivity index (χ0) is 18.7. The Morgan fingerprint density at radius 1 is 1.23 bits per heavy atom. The molecule has 5 nitrogen and oxygen atoms in total. The molecule has 0 radical (unpaired) electrons. The maximum atomic E-state index is 12.3. The molecule has 7 heteroatoms. The molecule has 138 valence electrons. The predicted octanol–water partition coefficient (Wildman–Crippen LogP) is 4.48. The number of thiocarbonyl (C=S) groups is 1. The molecule has 3 rings (SSSR count). The van der Waals surface area contributed by atoms with E-state index in [0.717, 1.165) is 41.3 Å². The minimum Gasteiger partial charge on any atom is -0.497 e. The number of fused-ring (bicyclic) bond motifs is 1. The molecular weight excluding hydrogens is 368 g/mol. The van der Waals surface area contributed by atoms with Crippen LogP contribution < -0.4 is 15.4 Å². The van der Waals surface area contributed by atoms with Gasteiger partial charge in [0.05, 0.1) is 19.8 Å². The van der Waals surface area contributed by atoms with Crippen LogP contribution in [0.1, 0.15) is 34.1 Å². The van der Waals surface area contributed by atoms with E-state index in [4.69, 9.17) is 21.7 Å². The minimum atomic E-state index is -0.313. The van der Waals surface area contributed by atoms with Crippen LogP contribution in [0.2, 0.25) is 0 Å². The number of hydrogen-bond donors (Lipinski definition) is 2. The molecule has 0 fully saturated rings. The highest BCUT2D eigenvalue weighted by Gasteiger charge is 2.28. The van der Waals surface area contributed by atoms with E-state index in [2.05, 4.69) is 17.6 Å². The van der Waals surface area contributed by atoms with Crippen molar-refractivity contribution in [3.63, 3.8) is 0 Å². The Morgan fingerprint density at radius 2 is 1.96 bits per heavy atom. The molecule has 0 amide bonds. The van der Waals surface area contributed by atoms with E-state index in [9.17, 15) is 4.79 Å². The van der Waals surface area contributed by atoms with Crippen molar-refractivity contribution in [2.45, 2.75) is 26.2 Å². The topological polar surface area (TPSA) is 59.6 Å². The van der Waals surface area contributed by atoms with Crippen LogP contribution in [0, 0.1) is 5.92 Å². The molecule has 1 aliphatic carbocycles. The van der Waals surface area contributed by atoms with Crippen LogP contribution in [-0.2, 0) is 17.6 Å². The number of hydrogen-bond acceptors (Lipinski definition) is 5. The Bertz CT molecular complexity index is 815. The van der Waals surface area contributed by atoms with Gasteiger partial charge >= 0.3 is 5.97 Å². The molecule has 0 bridgehead atoms. The molecular formula is C19H22N2O3S2. The normalized spacial score (nSPS) is 15.7. The summed E-state index contributed by atoms with van der Waals surface area (Å²) >= 11 is 7.02. The number of benzene rings is 1. The van der Waals surface area contributed by atoms with Crippen LogP contribution in [0.3, 0.4) is 0 Å². The van der Waals surface area contributed by atoms with Crippen molar-refractivity contribution < 1.29 is 14.3 Å². The Balaban J connectivity index is 1.79.